The highest BCUT2D eigenvalue weighted by Crippen LogP contribution is 2.22. The molecule has 0 spiro atoms. The fourth-order valence-electron chi connectivity index (χ4n) is 1.81. The van der Waals surface area contributed by atoms with Crippen LogP contribution < -0.4 is 4.74 Å². The van der Waals surface area contributed by atoms with Crippen molar-refractivity contribution in [1.29, 1.82) is 0 Å². The number of carbonyl (C=O) groups is 1. The van der Waals surface area contributed by atoms with Crippen molar-refractivity contribution < 1.29 is 19.6 Å². The second-order valence-electron chi connectivity index (χ2n) is 4.50. The Morgan fingerprint density at radius 2 is 2.05 bits per heavy atom. The summed E-state index contributed by atoms with van der Waals surface area (Å²) in [5.74, 6) is -0.586. The lowest BCUT2D eigenvalue weighted by molar-refractivity contribution is -0.384. The van der Waals surface area contributed by atoms with E-state index >= 15 is 0 Å². The van der Waals surface area contributed by atoms with E-state index in [-0.39, 0.29) is 17.9 Å². The number of carboxylic acid groups (broad SMARTS) is 1. The Balaban J connectivity index is 2.16. The van der Waals surface area contributed by atoms with Crippen LogP contribution >= 0.6 is 0 Å². The number of aryl methyl sites for hydroxylation is 1. The molecule has 0 saturated heterocycles. The summed E-state index contributed by atoms with van der Waals surface area (Å²) in [6, 6.07) is 10.7. The first-order chi connectivity index (χ1) is 9.97. The summed E-state index contributed by atoms with van der Waals surface area (Å²) in [6.45, 7) is 1.93. The molecule has 0 saturated carbocycles. The lowest BCUT2D eigenvalue weighted by atomic mass is 10.1. The Labute approximate surface area is 120 Å². The van der Waals surface area contributed by atoms with E-state index in [0.29, 0.717) is 11.3 Å². The van der Waals surface area contributed by atoms with Gasteiger partial charge < -0.3 is 9.84 Å². The molecule has 0 radical (unpaired) electrons. The molecule has 0 bridgehead atoms. The van der Waals surface area contributed by atoms with Gasteiger partial charge in [0.25, 0.3) is 5.69 Å². The van der Waals surface area contributed by atoms with Crippen LogP contribution in [0.1, 0.15) is 21.5 Å². The quantitative estimate of drug-likeness (QED) is 0.673. The van der Waals surface area contributed by atoms with Gasteiger partial charge in [-0.3, -0.25) is 10.1 Å². The van der Waals surface area contributed by atoms with Gasteiger partial charge in [-0.05, 0) is 30.2 Å². The zero-order valence-electron chi connectivity index (χ0n) is 11.3. The minimum absolute atomic E-state index is 0.00731. The second kappa shape index (κ2) is 6.04. The molecule has 6 nitrogen and oxygen atoms in total. The molecule has 6 heteroatoms. The van der Waals surface area contributed by atoms with Gasteiger partial charge >= 0.3 is 5.97 Å². The van der Waals surface area contributed by atoms with Crippen LogP contribution in [-0.4, -0.2) is 16.0 Å². The summed E-state index contributed by atoms with van der Waals surface area (Å²) in [5, 5.41) is 19.7. The van der Waals surface area contributed by atoms with Crippen LogP contribution in [0.15, 0.2) is 42.5 Å². The summed E-state index contributed by atoms with van der Waals surface area (Å²) < 4.78 is 5.56. The number of non-ortho nitro benzene ring substituents is 1. The van der Waals surface area contributed by atoms with Crippen LogP contribution in [-0.2, 0) is 6.61 Å². The first-order valence-electron chi connectivity index (χ1n) is 6.17. The number of aromatic carboxylic acids is 1. The van der Waals surface area contributed by atoms with Crippen LogP contribution in [0.3, 0.4) is 0 Å². The van der Waals surface area contributed by atoms with Gasteiger partial charge in [-0.15, -0.1) is 0 Å². The van der Waals surface area contributed by atoms with E-state index < -0.39 is 10.9 Å². The van der Waals surface area contributed by atoms with E-state index in [1.807, 2.05) is 0 Å². The molecule has 21 heavy (non-hydrogen) atoms. The van der Waals surface area contributed by atoms with Gasteiger partial charge in [0.05, 0.1) is 10.5 Å². The van der Waals surface area contributed by atoms with Crippen LogP contribution in [0.5, 0.6) is 5.75 Å². The lowest BCUT2D eigenvalue weighted by Gasteiger charge is -2.10. The molecule has 0 aliphatic rings. The summed E-state index contributed by atoms with van der Waals surface area (Å²) in [4.78, 5) is 21.2. The minimum atomic E-state index is -1.03. The Morgan fingerprint density at radius 1 is 1.29 bits per heavy atom. The molecular weight excluding hydrogens is 274 g/mol. The van der Waals surface area contributed by atoms with Gasteiger partial charge in [0.2, 0.25) is 0 Å². The molecule has 0 aliphatic heterocycles. The van der Waals surface area contributed by atoms with E-state index in [4.69, 9.17) is 9.84 Å². The molecular formula is C15H13NO5. The fourth-order valence-corrected chi connectivity index (χ4v) is 1.81. The molecule has 0 fully saturated rings. The SMILES string of the molecule is Cc1ccc(C(=O)O)cc1OCc1cccc([N+](=O)[O-])c1. The maximum atomic E-state index is 10.9. The number of nitrogens with zero attached hydrogens (tertiary/aromatic N) is 1. The summed E-state index contributed by atoms with van der Waals surface area (Å²) in [5.41, 5.74) is 1.57. The number of carboxylic acids is 1. The third-order valence-corrected chi connectivity index (χ3v) is 2.95. The number of hydrogen-bond acceptors (Lipinski definition) is 4. The molecule has 0 aliphatic carbocycles. The van der Waals surface area contributed by atoms with Crippen molar-refractivity contribution in [3.8, 4) is 5.75 Å². The van der Waals surface area contributed by atoms with Crippen molar-refractivity contribution in [2.24, 2.45) is 0 Å². The molecule has 2 aromatic rings. The van der Waals surface area contributed by atoms with Crippen molar-refractivity contribution in [3.05, 3.63) is 69.3 Å². The minimum Gasteiger partial charge on any atom is -0.489 e. The smallest absolute Gasteiger partial charge is 0.335 e. The first-order valence-corrected chi connectivity index (χ1v) is 6.17. The molecule has 2 rings (SSSR count). The van der Waals surface area contributed by atoms with E-state index in [0.717, 1.165) is 5.56 Å². The van der Waals surface area contributed by atoms with Crippen LogP contribution in [0.25, 0.3) is 0 Å². The van der Waals surface area contributed by atoms with Gasteiger partial charge in [0.15, 0.2) is 0 Å². The van der Waals surface area contributed by atoms with Crippen molar-refractivity contribution >= 4 is 11.7 Å². The fraction of sp³-hybridized carbons (Fsp3) is 0.133. The maximum Gasteiger partial charge on any atom is 0.335 e. The summed E-state index contributed by atoms with van der Waals surface area (Å²) in [6.07, 6.45) is 0. The van der Waals surface area contributed by atoms with Crippen molar-refractivity contribution in [1.82, 2.24) is 0 Å². The van der Waals surface area contributed by atoms with Gasteiger partial charge in [0.1, 0.15) is 12.4 Å². The van der Waals surface area contributed by atoms with Gasteiger partial charge in [-0.2, -0.15) is 0 Å². The predicted octanol–water partition coefficient (Wildman–Crippen LogP) is 3.18. The summed E-state index contributed by atoms with van der Waals surface area (Å²) >= 11 is 0. The standard InChI is InChI=1S/C15H13NO5/c1-10-5-6-12(15(17)18)8-14(10)21-9-11-3-2-4-13(7-11)16(19)20/h2-8H,9H2,1H3,(H,17,18). The molecule has 0 amide bonds. The summed E-state index contributed by atoms with van der Waals surface area (Å²) in [7, 11) is 0. The first kappa shape index (κ1) is 14.5. The van der Waals surface area contributed by atoms with Gasteiger partial charge in [0, 0.05) is 12.1 Å². The molecule has 108 valence electrons. The highest BCUT2D eigenvalue weighted by molar-refractivity contribution is 5.88. The van der Waals surface area contributed by atoms with Crippen LogP contribution in [0.2, 0.25) is 0 Å². The highest BCUT2D eigenvalue weighted by Gasteiger charge is 2.09. The zero-order chi connectivity index (χ0) is 15.4. The molecule has 2 aromatic carbocycles. The van der Waals surface area contributed by atoms with E-state index in [9.17, 15) is 14.9 Å². The highest BCUT2D eigenvalue weighted by atomic mass is 16.6. The Hall–Kier alpha value is -2.89. The monoisotopic (exact) mass is 287 g/mol. The van der Waals surface area contributed by atoms with Crippen molar-refractivity contribution in [2.75, 3.05) is 0 Å². The zero-order valence-corrected chi connectivity index (χ0v) is 11.3. The Morgan fingerprint density at radius 3 is 2.71 bits per heavy atom. The molecule has 0 heterocycles. The maximum absolute atomic E-state index is 10.9. The third-order valence-electron chi connectivity index (χ3n) is 2.95. The average molecular weight is 287 g/mol. The largest absolute Gasteiger partial charge is 0.489 e. The Bertz CT molecular complexity index is 696. The molecule has 1 N–H and O–H groups in total. The predicted molar refractivity (Wildman–Crippen MR) is 75.6 cm³/mol. The lowest BCUT2D eigenvalue weighted by Crippen LogP contribution is -2.01. The molecule has 0 atom stereocenters. The molecule has 0 unspecified atom stereocenters. The number of benzene rings is 2. The Kier molecular flexibility index (Phi) is 4.18. The normalized spacial score (nSPS) is 10.1. The van der Waals surface area contributed by atoms with Crippen molar-refractivity contribution in [2.45, 2.75) is 13.5 Å². The topological polar surface area (TPSA) is 89.7 Å². The molecule has 0 aromatic heterocycles. The number of hydrogen-bond donors (Lipinski definition) is 1. The van der Waals surface area contributed by atoms with E-state index in [1.54, 1.807) is 25.1 Å². The van der Waals surface area contributed by atoms with Crippen LogP contribution in [0, 0.1) is 17.0 Å². The van der Waals surface area contributed by atoms with E-state index in [2.05, 4.69) is 0 Å². The number of ether oxygens (including phenoxy) is 1. The van der Waals surface area contributed by atoms with Gasteiger partial charge in [-0.1, -0.05) is 18.2 Å². The second-order valence-corrected chi connectivity index (χ2v) is 4.50. The third kappa shape index (κ3) is 3.56. The van der Waals surface area contributed by atoms with Crippen molar-refractivity contribution in [3.63, 3.8) is 0 Å². The number of rotatable bonds is 5. The van der Waals surface area contributed by atoms with E-state index in [1.165, 1.54) is 24.3 Å². The van der Waals surface area contributed by atoms with Crippen LogP contribution in [0.4, 0.5) is 5.69 Å². The van der Waals surface area contributed by atoms with Gasteiger partial charge in [-0.25, -0.2) is 4.79 Å². The number of nitro groups is 1. The number of nitro benzene ring substituents is 1. The average Bonchev–Trinajstić information content (AvgIpc) is 2.46.